The zero-order chi connectivity index (χ0) is 24.3. The molecule has 0 spiro atoms. The Kier molecular flexibility index (Phi) is 8.05. The van der Waals surface area contributed by atoms with Crippen LogP contribution in [0, 0.1) is 0 Å². The third-order valence-electron chi connectivity index (χ3n) is 6.53. The summed E-state index contributed by atoms with van der Waals surface area (Å²) < 4.78 is 28.0. The first-order chi connectivity index (χ1) is 16.3. The van der Waals surface area contributed by atoms with E-state index in [9.17, 15) is 13.2 Å². The van der Waals surface area contributed by atoms with Crippen molar-refractivity contribution in [2.75, 3.05) is 57.8 Å². The Morgan fingerprint density at radius 2 is 1.71 bits per heavy atom. The SMILES string of the molecule is CN(CC(=O)N1CCN(S(=O)(=O)c2ccccc2)C[C@H]1CN1CCCC1)c1ccc(Cl)c(Cl)c1. The molecule has 0 bridgehead atoms. The number of hydrogen-bond donors (Lipinski definition) is 0. The lowest BCUT2D eigenvalue weighted by atomic mass is 10.1. The summed E-state index contributed by atoms with van der Waals surface area (Å²) in [5.74, 6) is -0.0328. The van der Waals surface area contributed by atoms with Gasteiger partial charge >= 0.3 is 0 Å². The summed E-state index contributed by atoms with van der Waals surface area (Å²) in [6.45, 7) is 3.72. The van der Waals surface area contributed by atoms with Gasteiger partial charge in [-0.25, -0.2) is 8.42 Å². The van der Waals surface area contributed by atoms with Crippen LogP contribution in [0.25, 0.3) is 0 Å². The maximum Gasteiger partial charge on any atom is 0.243 e. The van der Waals surface area contributed by atoms with Crippen molar-refractivity contribution < 1.29 is 13.2 Å². The van der Waals surface area contributed by atoms with Crippen molar-refractivity contribution in [3.63, 3.8) is 0 Å². The molecule has 1 atom stereocenters. The summed E-state index contributed by atoms with van der Waals surface area (Å²) in [5.41, 5.74) is 0.795. The molecule has 0 unspecified atom stereocenters. The quantitative estimate of drug-likeness (QED) is 0.555. The van der Waals surface area contributed by atoms with Gasteiger partial charge in [0, 0.05) is 38.9 Å². The molecular formula is C24H30Cl2N4O3S. The number of benzene rings is 2. The van der Waals surface area contributed by atoms with Crippen molar-refractivity contribution in [1.29, 1.82) is 0 Å². The Labute approximate surface area is 211 Å². The number of sulfonamides is 1. The molecule has 0 aliphatic carbocycles. The molecule has 0 N–H and O–H groups in total. The van der Waals surface area contributed by atoms with Gasteiger partial charge in [0.05, 0.1) is 27.5 Å². The molecule has 2 aromatic carbocycles. The Balaban J connectivity index is 1.50. The first-order valence-electron chi connectivity index (χ1n) is 11.5. The second kappa shape index (κ2) is 10.8. The van der Waals surface area contributed by atoms with Gasteiger partial charge in [0.25, 0.3) is 0 Å². The van der Waals surface area contributed by atoms with Gasteiger partial charge in [-0.05, 0) is 56.3 Å². The molecule has 184 valence electrons. The highest BCUT2D eigenvalue weighted by molar-refractivity contribution is 7.89. The van der Waals surface area contributed by atoms with Gasteiger partial charge in [-0.15, -0.1) is 0 Å². The van der Waals surface area contributed by atoms with Crippen LogP contribution in [0.15, 0.2) is 53.4 Å². The Bertz CT molecular complexity index is 1110. The van der Waals surface area contributed by atoms with Crippen molar-refractivity contribution in [2.45, 2.75) is 23.8 Å². The van der Waals surface area contributed by atoms with Crippen LogP contribution in [0.2, 0.25) is 10.0 Å². The minimum Gasteiger partial charge on any atom is -0.365 e. The number of amides is 1. The molecule has 0 saturated carbocycles. The lowest BCUT2D eigenvalue weighted by molar-refractivity contribution is -0.134. The maximum absolute atomic E-state index is 13.4. The number of anilines is 1. The predicted molar refractivity (Wildman–Crippen MR) is 136 cm³/mol. The van der Waals surface area contributed by atoms with Gasteiger partial charge in [0.1, 0.15) is 0 Å². The van der Waals surface area contributed by atoms with Crippen molar-refractivity contribution in [3.05, 3.63) is 58.6 Å². The molecule has 34 heavy (non-hydrogen) atoms. The third kappa shape index (κ3) is 5.69. The number of likely N-dealkylation sites (tertiary alicyclic amines) is 1. The number of nitrogens with zero attached hydrogens (tertiary/aromatic N) is 4. The number of likely N-dealkylation sites (N-methyl/N-ethyl adjacent to an activating group) is 1. The molecule has 2 heterocycles. The number of carbonyl (C=O) groups excluding carboxylic acids is 1. The second-order valence-electron chi connectivity index (χ2n) is 8.88. The Hall–Kier alpha value is -1.84. The molecule has 2 fully saturated rings. The van der Waals surface area contributed by atoms with Crippen LogP contribution in [0.1, 0.15) is 12.8 Å². The van der Waals surface area contributed by atoms with Crippen LogP contribution in [0.4, 0.5) is 5.69 Å². The molecule has 2 aliphatic heterocycles. The lowest BCUT2D eigenvalue weighted by Gasteiger charge is -2.42. The van der Waals surface area contributed by atoms with Crippen LogP contribution in [-0.2, 0) is 14.8 Å². The summed E-state index contributed by atoms with van der Waals surface area (Å²) in [6.07, 6.45) is 2.26. The number of carbonyl (C=O) groups is 1. The second-order valence-corrected chi connectivity index (χ2v) is 11.6. The molecule has 1 amide bonds. The fourth-order valence-electron chi connectivity index (χ4n) is 4.64. The highest BCUT2D eigenvalue weighted by atomic mass is 35.5. The molecular weight excluding hydrogens is 495 g/mol. The summed E-state index contributed by atoms with van der Waals surface area (Å²) in [5, 5.41) is 0.900. The van der Waals surface area contributed by atoms with E-state index in [0.29, 0.717) is 23.1 Å². The van der Waals surface area contributed by atoms with Crippen molar-refractivity contribution >= 4 is 44.8 Å². The Morgan fingerprint density at radius 3 is 2.38 bits per heavy atom. The molecule has 0 radical (unpaired) electrons. The Morgan fingerprint density at radius 1 is 1.00 bits per heavy atom. The van der Waals surface area contributed by atoms with E-state index in [2.05, 4.69) is 4.90 Å². The van der Waals surface area contributed by atoms with Crippen molar-refractivity contribution in [1.82, 2.24) is 14.1 Å². The number of rotatable bonds is 7. The van der Waals surface area contributed by atoms with E-state index >= 15 is 0 Å². The zero-order valence-corrected chi connectivity index (χ0v) is 21.6. The lowest BCUT2D eigenvalue weighted by Crippen LogP contribution is -2.60. The van der Waals surface area contributed by atoms with Crippen molar-refractivity contribution in [2.24, 2.45) is 0 Å². The molecule has 4 rings (SSSR count). The van der Waals surface area contributed by atoms with Gasteiger partial charge in [-0.1, -0.05) is 41.4 Å². The summed E-state index contributed by atoms with van der Waals surface area (Å²) in [7, 11) is -1.78. The maximum atomic E-state index is 13.4. The fourth-order valence-corrected chi connectivity index (χ4v) is 6.42. The highest BCUT2D eigenvalue weighted by Crippen LogP contribution is 2.27. The van der Waals surface area contributed by atoms with Gasteiger partial charge < -0.3 is 14.7 Å². The minimum absolute atomic E-state index is 0.0328. The zero-order valence-electron chi connectivity index (χ0n) is 19.2. The van der Waals surface area contributed by atoms with E-state index in [1.54, 1.807) is 42.5 Å². The van der Waals surface area contributed by atoms with Crippen LogP contribution in [0.5, 0.6) is 0 Å². The van der Waals surface area contributed by atoms with E-state index in [1.165, 1.54) is 4.31 Å². The van der Waals surface area contributed by atoms with E-state index < -0.39 is 10.0 Å². The first-order valence-corrected chi connectivity index (χ1v) is 13.7. The first kappa shape index (κ1) is 25.3. The van der Waals surface area contributed by atoms with Gasteiger partial charge in [0.15, 0.2) is 0 Å². The topological polar surface area (TPSA) is 64.2 Å². The van der Waals surface area contributed by atoms with Crippen LogP contribution in [0.3, 0.4) is 0 Å². The van der Waals surface area contributed by atoms with Crippen LogP contribution >= 0.6 is 23.2 Å². The normalized spacial score (nSPS) is 20.0. The number of halogens is 2. The smallest absolute Gasteiger partial charge is 0.243 e. The van der Waals surface area contributed by atoms with Crippen molar-refractivity contribution in [3.8, 4) is 0 Å². The third-order valence-corrected chi connectivity index (χ3v) is 9.15. The van der Waals surface area contributed by atoms with Gasteiger partial charge in [-0.2, -0.15) is 4.31 Å². The molecule has 2 saturated heterocycles. The van der Waals surface area contributed by atoms with Gasteiger partial charge in [0.2, 0.25) is 15.9 Å². The average Bonchev–Trinajstić information content (AvgIpc) is 3.34. The summed E-state index contributed by atoms with van der Waals surface area (Å²) >= 11 is 12.2. The van der Waals surface area contributed by atoms with Gasteiger partial charge in [-0.3, -0.25) is 4.79 Å². The fraction of sp³-hybridized carbons (Fsp3) is 0.458. The number of piperazine rings is 1. The standard InChI is InChI=1S/C24H30Cl2N4O3S/c1-27(19-9-10-22(25)23(26)15-19)18-24(31)30-14-13-29(17-20(30)16-28-11-5-6-12-28)34(32,33)21-7-3-2-4-8-21/h2-4,7-10,15,20H,5-6,11-14,16-18H2,1H3/t20-/m1/s1. The average molecular weight is 526 g/mol. The highest BCUT2D eigenvalue weighted by Gasteiger charge is 2.37. The summed E-state index contributed by atoms with van der Waals surface area (Å²) in [4.78, 5) is 19.7. The largest absolute Gasteiger partial charge is 0.365 e. The van der Waals surface area contributed by atoms with E-state index in [-0.39, 0.29) is 36.5 Å². The molecule has 0 aromatic heterocycles. The number of hydrogen-bond acceptors (Lipinski definition) is 5. The van der Waals surface area contributed by atoms with Crippen LogP contribution < -0.4 is 4.90 Å². The molecule has 2 aromatic rings. The molecule has 7 nitrogen and oxygen atoms in total. The predicted octanol–water partition coefficient (Wildman–Crippen LogP) is 3.43. The monoisotopic (exact) mass is 524 g/mol. The minimum atomic E-state index is -3.61. The molecule has 2 aliphatic rings. The van der Waals surface area contributed by atoms with Crippen LogP contribution in [-0.4, -0.2) is 87.3 Å². The van der Waals surface area contributed by atoms with E-state index in [1.807, 2.05) is 22.9 Å². The van der Waals surface area contributed by atoms with E-state index in [0.717, 1.165) is 31.6 Å². The summed E-state index contributed by atoms with van der Waals surface area (Å²) in [6, 6.07) is 13.6. The molecule has 10 heteroatoms. The van der Waals surface area contributed by atoms with E-state index in [4.69, 9.17) is 23.2 Å².